The molecule has 1 atom stereocenters. The third-order valence-electron chi connectivity index (χ3n) is 5.13. The Morgan fingerprint density at radius 3 is 2.79 bits per heavy atom. The van der Waals surface area contributed by atoms with Crippen molar-refractivity contribution in [1.82, 2.24) is 24.8 Å². The normalized spacial score (nSPS) is 16.6. The quantitative estimate of drug-likeness (QED) is 0.667. The molecule has 0 radical (unpaired) electrons. The van der Waals surface area contributed by atoms with E-state index in [1.165, 1.54) is 0 Å². The summed E-state index contributed by atoms with van der Waals surface area (Å²) in [6.45, 7) is 1.48. The lowest BCUT2D eigenvalue weighted by molar-refractivity contribution is -0.136. The predicted molar refractivity (Wildman–Crippen MR) is 109 cm³/mol. The van der Waals surface area contributed by atoms with E-state index in [2.05, 4.69) is 15.0 Å². The molecule has 1 aliphatic rings. The second-order valence-electron chi connectivity index (χ2n) is 7.06. The van der Waals surface area contributed by atoms with Crippen molar-refractivity contribution >= 4 is 5.91 Å². The fourth-order valence-corrected chi connectivity index (χ4v) is 3.72. The van der Waals surface area contributed by atoms with E-state index in [1.807, 2.05) is 41.4 Å². The largest absolute Gasteiger partial charge is 0.375 e. The number of piperidine rings is 1. The zero-order valence-corrected chi connectivity index (χ0v) is 16.4. The van der Waals surface area contributed by atoms with Crippen LogP contribution in [0.5, 0.6) is 0 Å². The van der Waals surface area contributed by atoms with Crippen LogP contribution < -0.4 is 0 Å². The Morgan fingerprint density at radius 2 is 2.03 bits per heavy atom. The van der Waals surface area contributed by atoms with Gasteiger partial charge in [0.2, 0.25) is 5.91 Å². The number of likely N-dealkylation sites (tertiary alicyclic amines) is 1. The van der Waals surface area contributed by atoms with Crippen molar-refractivity contribution in [2.24, 2.45) is 0 Å². The summed E-state index contributed by atoms with van der Waals surface area (Å²) in [4.78, 5) is 32.2. The fraction of sp³-hybridized carbons (Fsp3) is 0.318. The van der Waals surface area contributed by atoms with E-state index >= 15 is 0 Å². The minimum absolute atomic E-state index is 0.0154. The van der Waals surface area contributed by atoms with Crippen molar-refractivity contribution in [1.29, 1.82) is 0 Å². The highest BCUT2D eigenvalue weighted by Crippen LogP contribution is 2.33. The van der Waals surface area contributed by atoms with E-state index in [9.17, 15) is 4.79 Å². The molecule has 7 nitrogen and oxygen atoms in total. The molecule has 1 fully saturated rings. The van der Waals surface area contributed by atoms with Gasteiger partial charge < -0.3 is 9.64 Å². The molecule has 7 heteroatoms. The molecule has 0 N–H and O–H groups in total. The third kappa shape index (κ3) is 4.30. The lowest BCUT2D eigenvalue weighted by Gasteiger charge is -2.33. The van der Waals surface area contributed by atoms with Gasteiger partial charge in [0.15, 0.2) is 5.82 Å². The number of hydrogen-bond donors (Lipinski definition) is 0. The zero-order valence-electron chi connectivity index (χ0n) is 16.4. The Kier molecular flexibility index (Phi) is 5.86. The molecule has 0 aromatic carbocycles. The van der Waals surface area contributed by atoms with Crippen LogP contribution in [-0.4, -0.2) is 57.5 Å². The molecule has 4 rings (SSSR count). The van der Waals surface area contributed by atoms with Crippen LogP contribution in [0.1, 0.15) is 24.5 Å². The van der Waals surface area contributed by atoms with E-state index in [0.29, 0.717) is 12.4 Å². The van der Waals surface area contributed by atoms with Crippen molar-refractivity contribution in [3.8, 4) is 22.6 Å². The second kappa shape index (κ2) is 8.87. The van der Waals surface area contributed by atoms with Crippen LogP contribution in [0.4, 0.5) is 0 Å². The molecular formula is C22H23N5O2. The maximum absolute atomic E-state index is 12.4. The molecule has 1 amide bonds. The molecule has 0 unspecified atom stereocenters. The van der Waals surface area contributed by atoms with Crippen LogP contribution in [0.2, 0.25) is 0 Å². The number of carbonyl (C=O) groups is 1. The molecule has 3 aromatic rings. The minimum atomic E-state index is 0.0154. The number of rotatable bonds is 5. The Labute approximate surface area is 169 Å². The average molecular weight is 389 g/mol. The van der Waals surface area contributed by atoms with E-state index in [0.717, 1.165) is 41.9 Å². The molecule has 3 aromatic heterocycles. The van der Waals surface area contributed by atoms with Gasteiger partial charge in [0.25, 0.3) is 0 Å². The maximum atomic E-state index is 12.4. The molecule has 29 heavy (non-hydrogen) atoms. The molecule has 0 saturated carbocycles. The van der Waals surface area contributed by atoms with Crippen LogP contribution in [0.25, 0.3) is 22.6 Å². The monoisotopic (exact) mass is 389 g/mol. The van der Waals surface area contributed by atoms with E-state index in [1.54, 1.807) is 25.7 Å². The van der Waals surface area contributed by atoms with Crippen LogP contribution in [0.3, 0.4) is 0 Å². The zero-order chi connectivity index (χ0) is 20.1. The van der Waals surface area contributed by atoms with Gasteiger partial charge in [-0.1, -0.05) is 6.07 Å². The third-order valence-corrected chi connectivity index (χ3v) is 5.13. The van der Waals surface area contributed by atoms with E-state index in [-0.39, 0.29) is 18.4 Å². The highest BCUT2D eigenvalue weighted by Gasteiger charge is 2.28. The first-order valence-electron chi connectivity index (χ1n) is 9.71. The summed E-state index contributed by atoms with van der Waals surface area (Å²) in [5.41, 5.74) is 3.67. The predicted octanol–water partition coefficient (Wildman–Crippen LogP) is 2.95. The number of carbonyl (C=O) groups excluding carboxylic acids is 1. The minimum Gasteiger partial charge on any atom is -0.375 e. The summed E-state index contributed by atoms with van der Waals surface area (Å²) < 4.78 is 5.04. The molecule has 148 valence electrons. The number of nitrogens with zero attached hydrogens (tertiary/aromatic N) is 5. The van der Waals surface area contributed by atoms with Crippen molar-refractivity contribution in [3.63, 3.8) is 0 Å². The summed E-state index contributed by atoms with van der Waals surface area (Å²) in [6.07, 6.45) is 9.02. The molecule has 4 heterocycles. The van der Waals surface area contributed by atoms with Crippen LogP contribution in [0, 0.1) is 0 Å². The first kappa shape index (κ1) is 19.1. The van der Waals surface area contributed by atoms with Gasteiger partial charge in [-0.25, -0.2) is 9.97 Å². The number of hydrogen-bond acceptors (Lipinski definition) is 6. The van der Waals surface area contributed by atoms with Crippen LogP contribution >= 0.6 is 0 Å². The Bertz CT molecular complexity index is 965. The van der Waals surface area contributed by atoms with E-state index in [4.69, 9.17) is 9.72 Å². The molecule has 1 saturated heterocycles. The summed E-state index contributed by atoms with van der Waals surface area (Å²) >= 11 is 0. The van der Waals surface area contributed by atoms with Crippen LogP contribution in [-0.2, 0) is 9.53 Å². The van der Waals surface area contributed by atoms with E-state index < -0.39 is 0 Å². The van der Waals surface area contributed by atoms with Gasteiger partial charge in [-0.2, -0.15) is 0 Å². The number of amides is 1. The lowest BCUT2D eigenvalue weighted by Crippen LogP contribution is -2.41. The Balaban J connectivity index is 1.73. The standard InChI is InChI=1S/C22H23N5O2/c1-29-15-20(28)27-12-4-5-17(14-27)21-18(16-7-10-23-11-8-16)13-25-22(26-21)19-6-2-3-9-24-19/h2-3,6-11,13,17H,4-5,12,14-15H2,1H3/t17-/m0/s1. The van der Waals surface area contributed by atoms with Crippen molar-refractivity contribution in [2.45, 2.75) is 18.8 Å². The summed E-state index contributed by atoms with van der Waals surface area (Å²) in [7, 11) is 1.55. The van der Waals surface area contributed by atoms with Gasteiger partial charge >= 0.3 is 0 Å². The van der Waals surface area contributed by atoms with Gasteiger partial charge in [0.1, 0.15) is 12.3 Å². The number of pyridine rings is 2. The highest BCUT2D eigenvalue weighted by molar-refractivity contribution is 5.77. The highest BCUT2D eigenvalue weighted by atomic mass is 16.5. The van der Waals surface area contributed by atoms with Crippen molar-refractivity contribution in [2.75, 3.05) is 26.8 Å². The summed E-state index contributed by atoms with van der Waals surface area (Å²) in [5, 5.41) is 0. The SMILES string of the molecule is COCC(=O)N1CCC[C@H](c2nc(-c3ccccn3)ncc2-c2ccncc2)C1. The van der Waals surface area contributed by atoms with Gasteiger partial charge in [0, 0.05) is 56.5 Å². The number of methoxy groups -OCH3 is 1. The van der Waals surface area contributed by atoms with Gasteiger partial charge in [-0.15, -0.1) is 0 Å². The first-order chi connectivity index (χ1) is 14.3. The maximum Gasteiger partial charge on any atom is 0.248 e. The first-order valence-corrected chi connectivity index (χ1v) is 9.71. The van der Waals surface area contributed by atoms with Gasteiger partial charge in [0.05, 0.1) is 5.69 Å². The molecule has 1 aliphatic heterocycles. The molecule has 0 spiro atoms. The lowest BCUT2D eigenvalue weighted by atomic mass is 9.90. The molecule has 0 bridgehead atoms. The Morgan fingerprint density at radius 1 is 1.17 bits per heavy atom. The molecule has 0 aliphatic carbocycles. The summed E-state index contributed by atoms with van der Waals surface area (Å²) in [6, 6.07) is 9.61. The molecular weight excluding hydrogens is 366 g/mol. The Hall–Kier alpha value is -3.19. The van der Waals surface area contributed by atoms with Crippen molar-refractivity contribution in [3.05, 3.63) is 60.8 Å². The average Bonchev–Trinajstić information content (AvgIpc) is 2.80. The number of aromatic nitrogens is 4. The topological polar surface area (TPSA) is 81.1 Å². The van der Waals surface area contributed by atoms with Crippen LogP contribution in [0.15, 0.2) is 55.1 Å². The van der Waals surface area contributed by atoms with Crippen molar-refractivity contribution < 1.29 is 9.53 Å². The van der Waals surface area contributed by atoms with Gasteiger partial charge in [-0.3, -0.25) is 14.8 Å². The second-order valence-corrected chi connectivity index (χ2v) is 7.06. The summed E-state index contributed by atoms with van der Waals surface area (Å²) in [5.74, 6) is 0.735. The smallest absolute Gasteiger partial charge is 0.248 e. The van der Waals surface area contributed by atoms with Gasteiger partial charge in [-0.05, 0) is 42.7 Å². The number of ether oxygens (including phenoxy) is 1. The fourth-order valence-electron chi connectivity index (χ4n) is 3.72.